The van der Waals surface area contributed by atoms with Crippen molar-refractivity contribution in [3.8, 4) is 6.07 Å². The Labute approximate surface area is 103 Å². The topological polar surface area (TPSA) is 23.8 Å². The van der Waals surface area contributed by atoms with Crippen molar-refractivity contribution in [2.45, 2.75) is 25.7 Å². The highest BCUT2D eigenvalue weighted by molar-refractivity contribution is 5.38. The fourth-order valence-corrected chi connectivity index (χ4v) is 2.45. The van der Waals surface area contributed by atoms with E-state index in [4.69, 9.17) is 5.26 Å². The van der Waals surface area contributed by atoms with Gasteiger partial charge in [-0.3, -0.25) is 0 Å². The molecule has 0 aliphatic heterocycles. The van der Waals surface area contributed by atoms with Crippen LogP contribution < -0.4 is 0 Å². The lowest BCUT2D eigenvalue weighted by Crippen LogP contribution is -2.30. The quantitative estimate of drug-likeness (QED) is 0.745. The summed E-state index contributed by atoms with van der Waals surface area (Å²) in [5.74, 6) is 0.263. The standard InChI is InChI=1S/C16H17N/c1-13-6-5-8-15(12-13)16(2)10-4-3-7-14(16)9-11-17/h3-8,10,12,14H,9H2,1-2H3. The van der Waals surface area contributed by atoms with Gasteiger partial charge in [-0.15, -0.1) is 0 Å². The van der Waals surface area contributed by atoms with Crippen LogP contribution in [-0.4, -0.2) is 0 Å². The van der Waals surface area contributed by atoms with Crippen molar-refractivity contribution in [2.24, 2.45) is 5.92 Å². The Morgan fingerprint density at radius 2 is 2.18 bits per heavy atom. The first-order valence-electron chi connectivity index (χ1n) is 5.97. The Kier molecular flexibility index (Phi) is 3.15. The summed E-state index contributed by atoms with van der Waals surface area (Å²) in [5, 5.41) is 8.94. The molecule has 0 spiro atoms. The second-order valence-corrected chi connectivity index (χ2v) is 4.86. The normalized spacial score (nSPS) is 26.8. The summed E-state index contributed by atoms with van der Waals surface area (Å²) in [6.45, 7) is 4.32. The summed E-state index contributed by atoms with van der Waals surface area (Å²) in [7, 11) is 0. The second kappa shape index (κ2) is 4.59. The van der Waals surface area contributed by atoms with Gasteiger partial charge in [0, 0.05) is 17.8 Å². The number of nitrogens with zero attached hydrogens (tertiary/aromatic N) is 1. The van der Waals surface area contributed by atoms with E-state index in [9.17, 15) is 0 Å². The maximum atomic E-state index is 8.94. The molecule has 1 aliphatic carbocycles. The zero-order valence-corrected chi connectivity index (χ0v) is 10.4. The van der Waals surface area contributed by atoms with Crippen molar-refractivity contribution in [1.82, 2.24) is 0 Å². The van der Waals surface area contributed by atoms with Gasteiger partial charge in [-0.05, 0) is 12.5 Å². The van der Waals surface area contributed by atoms with Gasteiger partial charge in [0.25, 0.3) is 0 Å². The van der Waals surface area contributed by atoms with Crippen molar-refractivity contribution in [3.05, 3.63) is 59.7 Å². The third-order valence-electron chi connectivity index (χ3n) is 3.62. The van der Waals surface area contributed by atoms with Gasteiger partial charge in [-0.1, -0.05) is 61.1 Å². The summed E-state index contributed by atoms with van der Waals surface area (Å²) in [6.07, 6.45) is 9.04. The third kappa shape index (κ3) is 2.17. The largest absolute Gasteiger partial charge is 0.198 e. The van der Waals surface area contributed by atoms with E-state index in [2.05, 4.69) is 62.4 Å². The van der Waals surface area contributed by atoms with E-state index in [0.29, 0.717) is 6.42 Å². The monoisotopic (exact) mass is 223 g/mol. The fraction of sp³-hybridized carbons (Fsp3) is 0.312. The van der Waals surface area contributed by atoms with Crippen LogP contribution in [-0.2, 0) is 5.41 Å². The highest BCUT2D eigenvalue weighted by atomic mass is 14.4. The molecular formula is C16H17N. The molecule has 0 aromatic heterocycles. The number of rotatable bonds is 2. The third-order valence-corrected chi connectivity index (χ3v) is 3.62. The average Bonchev–Trinajstić information content (AvgIpc) is 2.32. The maximum absolute atomic E-state index is 8.94. The highest BCUT2D eigenvalue weighted by Crippen LogP contribution is 2.38. The lowest BCUT2D eigenvalue weighted by molar-refractivity contribution is 0.431. The van der Waals surface area contributed by atoms with E-state index < -0.39 is 0 Å². The first-order valence-corrected chi connectivity index (χ1v) is 5.97. The Morgan fingerprint density at radius 1 is 1.35 bits per heavy atom. The molecule has 0 bridgehead atoms. The van der Waals surface area contributed by atoms with Crippen LogP contribution in [0.3, 0.4) is 0 Å². The maximum Gasteiger partial charge on any atom is 0.0628 e. The van der Waals surface area contributed by atoms with Crippen molar-refractivity contribution in [1.29, 1.82) is 5.26 Å². The van der Waals surface area contributed by atoms with Crippen molar-refractivity contribution < 1.29 is 0 Å². The van der Waals surface area contributed by atoms with E-state index >= 15 is 0 Å². The molecule has 2 rings (SSSR count). The molecule has 1 nitrogen and oxygen atoms in total. The summed E-state index contributed by atoms with van der Waals surface area (Å²) in [4.78, 5) is 0. The van der Waals surface area contributed by atoms with E-state index in [1.54, 1.807) is 0 Å². The van der Waals surface area contributed by atoms with Crippen LogP contribution in [0.5, 0.6) is 0 Å². The molecule has 1 aromatic carbocycles. The highest BCUT2D eigenvalue weighted by Gasteiger charge is 2.33. The number of nitriles is 1. The Bertz CT molecular complexity index is 505. The van der Waals surface area contributed by atoms with Crippen molar-refractivity contribution >= 4 is 0 Å². The predicted molar refractivity (Wildman–Crippen MR) is 70.5 cm³/mol. The lowest BCUT2D eigenvalue weighted by Gasteiger charge is -2.35. The van der Waals surface area contributed by atoms with Gasteiger partial charge in [0.15, 0.2) is 0 Å². The molecule has 1 heteroatoms. The molecule has 17 heavy (non-hydrogen) atoms. The average molecular weight is 223 g/mol. The minimum absolute atomic E-state index is 0.0590. The van der Waals surface area contributed by atoms with Crippen LogP contribution in [0.2, 0.25) is 0 Å². The first-order chi connectivity index (χ1) is 8.16. The Hall–Kier alpha value is -1.81. The van der Waals surface area contributed by atoms with Crippen LogP contribution in [0, 0.1) is 24.2 Å². The molecule has 2 atom stereocenters. The summed E-state index contributed by atoms with van der Waals surface area (Å²) in [5.41, 5.74) is 2.50. The number of hydrogen-bond acceptors (Lipinski definition) is 1. The molecule has 0 heterocycles. The van der Waals surface area contributed by atoms with Crippen molar-refractivity contribution in [2.75, 3.05) is 0 Å². The SMILES string of the molecule is Cc1cccc(C2(C)C=CC=CC2CC#N)c1. The number of benzene rings is 1. The van der Waals surface area contributed by atoms with Gasteiger partial charge in [-0.25, -0.2) is 0 Å². The smallest absolute Gasteiger partial charge is 0.0628 e. The zero-order valence-electron chi connectivity index (χ0n) is 10.4. The molecule has 86 valence electrons. The summed E-state index contributed by atoms with van der Waals surface area (Å²) in [6, 6.07) is 10.9. The number of aryl methyl sites for hydroxylation is 1. The molecule has 0 fully saturated rings. The molecule has 0 radical (unpaired) electrons. The number of allylic oxidation sites excluding steroid dienone is 4. The van der Waals surface area contributed by atoms with E-state index in [1.165, 1.54) is 11.1 Å². The van der Waals surface area contributed by atoms with E-state index in [1.807, 2.05) is 6.08 Å². The van der Waals surface area contributed by atoms with Crippen LogP contribution in [0.1, 0.15) is 24.5 Å². The predicted octanol–water partition coefficient (Wildman–Crippen LogP) is 3.91. The van der Waals surface area contributed by atoms with E-state index in [0.717, 1.165) is 0 Å². The molecule has 0 saturated heterocycles. The van der Waals surface area contributed by atoms with Crippen LogP contribution in [0.4, 0.5) is 0 Å². The Balaban J connectivity index is 2.43. The molecule has 0 amide bonds. The molecular weight excluding hydrogens is 206 g/mol. The van der Waals surface area contributed by atoms with Crippen LogP contribution >= 0.6 is 0 Å². The second-order valence-electron chi connectivity index (χ2n) is 4.86. The van der Waals surface area contributed by atoms with Gasteiger partial charge in [0.2, 0.25) is 0 Å². The zero-order chi connectivity index (χ0) is 12.3. The fourth-order valence-electron chi connectivity index (χ4n) is 2.45. The molecule has 0 saturated carbocycles. The Morgan fingerprint density at radius 3 is 2.88 bits per heavy atom. The van der Waals surface area contributed by atoms with Gasteiger partial charge in [-0.2, -0.15) is 5.26 Å². The van der Waals surface area contributed by atoms with Gasteiger partial charge in [0.1, 0.15) is 0 Å². The van der Waals surface area contributed by atoms with E-state index in [-0.39, 0.29) is 11.3 Å². The molecule has 1 aliphatic rings. The van der Waals surface area contributed by atoms with Gasteiger partial charge < -0.3 is 0 Å². The minimum atomic E-state index is -0.0590. The summed E-state index contributed by atoms with van der Waals surface area (Å²) >= 11 is 0. The molecule has 0 N–H and O–H groups in total. The molecule has 2 unspecified atom stereocenters. The minimum Gasteiger partial charge on any atom is -0.198 e. The lowest BCUT2D eigenvalue weighted by atomic mass is 9.68. The van der Waals surface area contributed by atoms with Crippen LogP contribution in [0.15, 0.2) is 48.6 Å². The van der Waals surface area contributed by atoms with Crippen molar-refractivity contribution in [3.63, 3.8) is 0 Å². The van der Waals surface area contributed by atoms with Gasteiger partial charge >= 0.3 is 0 Å². The number of hydrogen-bond donors (Lipinski definition) is 0. The molecule has 1 aromatic rings. The van der Waals surface area contributed by atoms with Gasteiger partial charge in [0.05, 0.1) is 6.07 Å². The first kappa shape index (κ1) is 11.7. The van der Waals surface area contributed by atoms with Crippen LogP contribution in [0.25, 0.3) is 0 Å². The summed E-state index contributed by atoms with van der Waals surface area (Å²) < 4.78 is 0.